The zero-order valence-corrected chi connectivity index (χ0v) is 12.3. The second-order valence-electron chi connectivity index (χ2n) is 3.79. The fourth-order valence-corrected chi connectivity index (χ4v) is 3.72. The lowest BCUT2D eigenvalue weighted by atomic mass is 10.1. The summed E-state index contributed by atoms with van der Waals surface area (Å²) in [5.74, 6) is 0.603. The highest BCUT2D eigenvalue weighted by Crippen LogP contribution is 2.38. The van der Waals surface area contributed by atoms with E-state index in [1.807, 2.05) is 6.26 Å². The highest BCUT2D eigenvalue weighted by Gasteiger charge is 2.22. The molecule has 1 aromatic rings. The van der Waals surface area contributed by atoms with Gasteiger partial charge in [0.05, 0.1) is 11.5 Å². The summed E-state index contributed by atoms with van der Waals surface area (Å²) in [6.45, 7) is 5.13. The van der Waals surface area contributed by atoms with E-state index >= 15 is 0 Å². The van der Waals surface area contributed by atoms with Gasteiger partial charge in [0.15, 0.2) is 5.82 Å². The molecule has 0 bridgehead atoms. The molecule has 0 aliphatic heterocycles. The third-order valence-corrected chi connectivity index (χ3v) is 4.69. The van der Waals surface area contributed by atoms with Crippen LogP contribution in [0, 0.1) is 0 Å². The van der Waals surface area contributed by atoms with Crippen molar-refractivity contribution in [1.29, 1.82) is 0 Å². The summed E-state index contributed by atoms with van der Waals surface area (Å²) in [4.78, 5) is 3.27. The van der Waals surface area contributed by atoms with Crippen molar-refractivity contribution in [2.24, 2.45) is 0 Å². The summed E-state index contributed by atoms with van der Waals surface area (Å²) in [6, 6.07) is 0.438. The van der Waals surface area contributed by atoms with E-state index in [9.17, 15) is 5.11 Å². The van der Waals surface area contributed by atoms with Crippen molar-refractivity contribution in [3.8, 4) is 0 Å². The number of rotatable bonds is 7. The smallest absolute Gasteiger partial charge is 0.153 e. The third-order valence-electron chi connectivity index (χ3n) is 2.85. The predicted octanol–water partition coefficient (Wildman–Crippen LogP) is 2.43. The van der Waals surface area contributed by atoms with Crippen LogP contribution in [0.4, 0.5) is 10.8 Å². The Morgan fingerprint density at radius 2 is 2.12 bits per heavy atom. The van der Waals surface area contributed by atoms with Crippen LogP contribution in [-0.4, -0.2) is 34.9 Å². The Morgan fingerprint density at radius 1 is 1.47 bits per heavy atom. The van der Waals surface area contributed by atoms with Gasteiger partial charge in [-0.15, -0.1) is 11.8 Å². The molecule has 98 valence electrons. The average Bonchev–Trinajstić information content (AvgIpc) is 2.70. The number of nitrogen functional groups attached to an aromatic ring is 1. The van der Waals surface area contributed by atoms with Crippen molar-refractivity contribution in [2.45, 2.75) is 37.6 Å². The highest BCUT2D eigenvalue weighted by atomic mass is 32.2. The maximum Gasteiger partial charge on any atom is 0.153 e. The van der Waals surface area contributed by atoms with Gasteiger partial charge in [0.25, 0.3) is 0 Å². The van der Waals surface area contributed by atoms with Gasteiger partial charge < -0.3 is 15.7 Å². The number of hydrogen-bond acceptors (Lipinski definition) is 6. The lowest BCUT2D eigenvalue weighted by molar-refractivity contribution is 0.296. The van der Waals surface area contributed by atoms with E-state index in [1.54, 1.807) is 11.8 Å². The number of hydrogen-bond donors (Lipinski definition) is 2. The molecule has 0 atom stereocenters. The first-order valence-electron chi connectivity index (χ1n) is 5.86. The molecule has 1 rings (SSSR count). The summed E-state index contributed by atoms with van der Waals surface area (Å²) in [5.41, 5.74) is 5.86. The third kappa shape index (κ3) is 3.26. The van der Waals surface area contributed by atoms with Crippen molar-refractivity contribution in [2.75, 3.05) is 30.0 Å². The van der Waals surface area contributed by atoms with Crippen LogP contribution in [0.25, 0.3) is 0 Å². The zero-order chi connectivity index (χ0) is 12.8. The lowest BCUT2D eigenvalue weighted by Gasteiger charge is -2.31. The van der Waals surface area contributed by atoms with Crippen molar-refractivity contribution in [1.82, 2.24) is 4.37 Å². The Bertz CT molecular complexity index is 339. The standard InChI is InChI=1S/C11H21N3OS2/c1-4-8(5-2)14(6-7-15)11-9(16-3)10(12)13-17-11/h8,15H,4-7H2,1-3H3,(H2,12,13). The number of nitrogens with zero attached hydrogens (tertiary/aromatic N) is 2. The molecule has 1 heterocycles. The largest absolute Gasteiger partial charge is 0.395 e. The first-order valence-corrected chi connectivity index (χ1v) is 7.85. The molecule has 6 heteroatoms. The molecule has 0 radical (unpaired) electrons. The molecule has 0 unspecified atom stereocenters. The van der Waals surface area contributed by atoms with Gasteiger partial charge in [-0.25, -0.2) is 0 Å². The first kappa shape index (κ1) is 14.6. The molecule has 0 aliphatic carbocycles. The van der Waals surface area contributed by atoms with E-state index < -0.39 is 0 Å². The van der Waals surface area contributed by atoms with Crippen LogP contribution >= 0.6 is 23.3 Å². The van der Waals surface area contributed by atoms with Crippen LogP contribution in [0.2, 0.25) is 0 Å². The van der Waals surface area contributed by atoms with Crippen LogP contribution < -0.4 is 10.6 Å². The SMILES string of the molecule is CCC(CC)N(CCO)c1snc(N)c1SC. The molecule has 0 aliphatic rings. The Morgan fingerprint density at radius 3 is 2.59 bits per heavy atom. The maximum absolute atomic E-state index is 9.21. The van der Waals surface area contributed by atoms with Gasteiger partial charge in [-0.1, -0.05) is 13.8 Å². The maximum atomic E-state index is 9.21. The van der Waals surface area contributed by atoms with E-state index in [2.05, 4.69) is 23.1 Å². The highest BCUT2D eigenvalue weighted by molar-refractivity contribution is 7.99. The Kier molecular flexibility index (Phi) is 6.08. The molecule has 17 heavy (non-hydrogen) atoms. The van der Waals surface area contributed by atoms with Gasteiger partial charge in [0, 0.05) is 12.6 Å². The van der Waals surface area contributed by atoms with Crippen LogP contribution in [0.5, 0.6) is 0 Å². The Hall–Kier alpha value is -0.460. The van der Waals surface area contributed by atoms with Crippen LogP contribution in [0.3, 0.4) is 0 Å². The van der Waals surface area contributed by atoms with E-state index in [0.717, 1.165) is 22.7 Å². The van der Waals surface area contributed by atoms with Gasteiger partial charge >= 0.3 is 0 Å². The topological polar surface area (TPSA) is 62.4 Å². The molecule has 4 nitrogen and oxygen atoms in total. The zero-order valence-electron chi connectivity index (χ0n) is 10.6. The van der Waals surface area contributed by atoms with Crippen molar-refractivity contribution >= 4 is 34.1 Å². The van der Waals surface area contributed by atoms with Crippen LogP contribution in [-0.2, 0) is 0 Å². The lowest BCUT2D eigenvalue weighted by Crippen LogP contribution is -2.36. The molecular weight excluding hydrogens is 254 g/mol. The minimum Gasteiger partial charge on any atom is -0.395 e. The van der Waals surface area contributed by atoms with Crippen molar-refractivity contribution in [3.63, 3.8) is 0 Å². The molecule has 0 aromatic carbocycles. The Balaban J connectivity index is 3.03. The number of aliphatic hydroxyl groups is 1. The monoisotopic (exact) mass is 275 g/mol. The van der Waals surface area contributed by atoms with Gasteiger partial charge in [0.1, 0.15) is 5.00 Å². The molecule has 3 N–H and O–H groups in total. The van der Waals surface area contributed by atoms with E-state index in [0.29, 0.717) is 18.4 Å². The normalized spacial score (nSPS) is 11.1. The molecule has 0 saturated heterocycles. The fourth-order valence-electron chi connectivity index (χ4n) is 1.95. The number of aliphatic hydroxyl groups excluding tert-OH is 1. The molecule has 0 fully saturated rings. The number of thioether (sulfide) groups is 1. The molecule has 0 amide bonds. The van der Waals surface area contributed by atoms with Gasteiger partial charge in [-0.05, 0) is 30.6 Å². The first-order chi connectivity index (χ1) is 8.19. The van der Waals surface area contributed by atoms with Crippen molar-refractivity contribution in [3.05, 3.63) is 0 Å². The quantitative estimate of drug-likeness (QED) is 0.748. The summed E-state index contributed by atoms with van der Waals surface area (Å²) in [7, 11) is 0. The van der Waals surface area contributed by atoms with Gasteiger partial charge in [-0.2, -0.15) is 4.37 Å². The van der Waals surface area contributed by atoms with E-state index in [1.165, 1.54) is 11.5 Å². The number of aromatic nitrogens is 1. The summed E-state index contributed by atoms with van der Waals surface area (Å²) in [6.07, 6.45) is 4.12. The number of nitrogens with two attached hydrogens (primary N) is 1. The summed E-state index contributed by atoms with van der Waals surface area (Å²) in [5, 5.41) is 10.3. The van der Waals surface area contributed by atoms with E-state index in [-0.39, 0.29) is 6.61 Å². The second kappa shape index (κ2) is 7.08. The average molecular weight is 275 g/mol. The van der Waals surface area contributed by atoms with E-state index in [4.69, 9.17) is 5.73 Å². The molecule has 0 spiro atoms. The van der Waals surface area contributed by atoms with Crippen LogP contribution in [0.15, 0.2) is 4.90 Å². The fraction of sp³-hybridized carbons (Fsp3) is 0.727. The predicted molar refractivity (Wildman–Crippen MR) is 77.1 cm³/mol. The van der Waals surface area contributed by atoms with Crippen LogP contribution in [0.1, 0.15) is 26.7 Å². The molecular formula is C11H21N3OS2. The van der Waals surface area contributed by atoms with Gasteiger partial charge in [0.2, 0.25) is 0 Å². The minimum atomic E-state index is 0.155. The molecule has 1 aromatic heterocycles. The minimum absolute atomic E-state index is 0.155. The van der Waals surface area contributed by atoms with Gasteiger partial charge in [-0.3, -0.25) is 0 Å². The number of anilines is 2. The second-order valence-corrected chi connectivity index (χ2v) is 5.36. The Labute approximate surface area is 111 Å². The van der Waals surface area contributed by atoms with Crippen molar-refractivity contribution < 1.29 is 5.11 Å². The summed E-state index contributed by atoms with van der Waals surface area (Å²) < 4.78 is 4.22. The summed E-state index contributed by atoms with van der Waals surface area (Å²) >= 11 is 3.05. The molecule has 0 saturated carbocycles.